The topological polar surface area (TPSA) is 107 Å². The van der Waals surface area contributed by atoms with E-state index in [9.17, 15) is 14.9 Å². The number of nitro groups is 1. The number of hydrogen-bond acceptors (Lipinski definition) is 7. The first kappa shape index (κ1) is 17.9. The normalized spacial score (nSPS) is 17.1. The number of nitrogens with zero attached hydrogens (tertiary/aromatic N) is 6. The number of nitro benzene ring substituents is 1. The predicted octanol–water partition coefficient (Wildman–Crippen LogP) is 2.77. The molecule has 0 unspecified atom stereocenters. The van der Waals surface area contributed by atoms with E-state index in [4.69, 9.17) is 0 Å². The van der Waals surface area contributed by atoms with Gasteiger partial charge in [0.05, 0.1) is 16.7 Å². The van der Waals surface area contributed by atoms with Gasteiger partial charge in [0.15, 0.2) is 0 Å². The predicted molar refractivity (Wildman–Crippen MR) is 99.8 cm³/mol. The van der Waals surface area contributed by atoms with Crippen molar-refractivity contribution in [3.8, 4) is 0 Å². The molecule has 0 N–H and O–H groups in total. The lowest BCUT2D eigenvalue weighted by Crippen LogP contribution is -2.30. The van der Waals surface area contributed by atoms with Gasteiger partial charge in [0.2, 0.25) is 11.1 Å². The molecule has 0 bridgehead atoms. The minimum atomic E-state index is -0.411. The van der Waals surface area contributed by atoms with Crippen LogP contribution in [0, 0.1) is 10.1 Å². The van der Waals surface area contributed by atoms with Gasteiger partial charge in [-0.3, -0.25) is 14.9 Å². The van der Waals surface area contributed by atoms with Crippen LogP contribution < -0.4 is 4.90 Å². The van der Waals surface area contributed by atoms with Crippen LogP contribution in [0.2, 0.25) is 0 Å². The van der Waals surface area contributed by atoms with Crippen molar-refractivity contribution < 1.29 is 9.72 Å². The first-order chi connectivity index (χ1) is 13.1. The highest BCUT2D eigenvalue weighted by Crippen LogP contribution is 2.33. The van der Waals surface area contributed by atoms with Crippen LogP contribution in [0.15, 0.2) is 23.4 Å². The minimum absolute atomic E-state index is 0.0363. The molecule has 0 spiro atoms. The Kier molecular flexibility index (Phi) is 5.06. The van der Waals surface area contributed by atoms with Gasteiger partial charge in [0, 0.05) is 24.4 Å². The van der Waals surface area contributed by atoms with Gasteiger partial charge < -0.3 is 4.90 Å². The molecule has 0 saturated heterocycles. The number of benzene rings is 1. The van der Waals surface area contributed by atoms with E-state index in [2.05, 4.69) is 15.5 Å². The third-order valence-electron chi connectivity index (χ3n) is 5.18. The Morgan fingerprint density at radius 2 is 2.11 bits per heavy atom. The average Bonchev–Trinajstić information content (AvgIpc) is 3.33. The van der Waals surface area contributed by atoms with E-state index < -0.39 is 4.92 Å². The molecule has 142 valence electrons. The van der Waals surface area contributed by atoms with Gasteiger partial charge in [-0.05, 0) is 41.3 Å². The van der Waals surface area contributed by atoms with E-state index in [0.29, 0.717) is 24.2 Å². The second kappa shape index (κ2) is 7.63. The van der Waals surface area contributed by atoms with Gasteiger partial charge in [-0.15, -0.1) is 5.10 Å². The number of hydrogen-bond donors (Lipinski definition) is 0. The zero-order valence-electron chi connectivity index (χ0n) is 14.8. The number of carbonyl (C=O) groups excluding carboxylic acids is 1. The van der Waals surface area contributed by atoms with Crippen LogP contribution in [0.25, 0.3) is 0 Å². The van der Waals surface area contributed by atoms with Crippen LogP contribution in [0.1, 0.15) is 43.7 Å². The van der Waals surface area contributed by atoms with Gasteiger partial charge in [-0.1, -0.05) is 31.0 Å². The fourth-order valence-corrected chi connectivity index (χ4v) is 4.62. The van der Waals surface area contributed by atoms with Crippen LogP contribution in [0.3, 0.4) is 0 Å². The van der Waals surface area contributed by atoms with E-state index in [1.807, 2.05) is 4.68 Å². The maximum absolute atomic E-state index is 12.7. The van der Waals surface area contributed by atoms with Crippen molar-refractivity contribution in [1.29, 1.82) is 0 Å². The number of carbonyl (C=O) groups is 1. The lowest BCUT2D eigenvalue weighted by molar-refractivity contribution is -0.384. The largest absolute Gasteiger partial charge is 0.311 e. The number of aromatic nitrogens is 4. The van der Waals surface area contributed by atoms with Gasteiger partial charge in [-0.2, -0.15) is 0 Å². The number of rotatable bonds is 5. The van der Waals surface area contributed by atoms with Crippen LogP contribution in [-0.2, 0) is 11.2 Å². The molecule has 4 rings (SSSR count). The second-order valence-corrected chi connectivity index (χ2v) is 7.79. The Morgan fingerprint density at radius 3 is 2.89 bits per heavy atom. The highest BCUT2D eigenvalue weighted by molar-refractivity contribution is 7.99. The lowest BCUT2D eigenvalue weighted by atomic mass is 9.96. The summed E-state index contributed by atoms with van der Waals surface area (Å²) in [4.78, 5) is 24.9. The van der Waals surface area contributed by atoms with E-state index in [1.54, 1.807) is 17.0 Å². The molecule has 27 heavy (non-hydrogen) atoms. The van der Waals surface area contributed by atoms with Gasteiger partial charge in [0.1, 0.15) is 0 Å². The first-order valence-corrected chi connectivity index (χ1v) is 10.1. The molecule has 0 radical (unpaired) electrons. The molecule has 1 amide bonds. The maximum Gasteiger partial charge on any atom is 0.269 e. The fourth-order valence-electron chi connectivity index (χ4n) is 3.80. The molecule has 0 atom stereocenters. The summed E-state index contributed by atoms with van der Waals surface area (Å²) in [5, 5.41) is 23.6. The molecule has 9 nitrogen and oxygen atoms in total. The number of non-ortho nitro benzene ring substituents is 1. The van der Waals surface area contributed by atoms with Crippen molar-refractivity contribution >= 4 is 29.0 Å². The highest BCUT2D eigenvalue weighted by Gasteiger charge is 2.27. The van der Waals surface area contributed by atoms with E-state index >= 15 is 0 Å². The molecule has 1 fully saturated rings. The Balaban J connectivity index is 1.42. The molecular formula is C17H20N6O3S. The molecule has 1 aliphatic heterocycles. The summed E-state index contributed by atoms with van der Waals surface area (Å²) in [7, 11) is 0. The summed E-state index contributed by atoms with van der Waals surface area (Å²) in [6, 6.07) is 4.98. The zero-order chi connectivity index (χ0) is 18.8. The second-order valence-electron chi connectivity index (χ2n) is 6.85. The van der Waals surface area contributed by atoms with Gasteiger partial charge in [0.25, 0.3) is 5.69 Å². The molecule has 2 aliphatic rings. The summed E-state index contributed by atoms with van der Waals surface area (Å²) in [6.07, 6.45) is 6.41. The Hall–Kier alpha value is -2.49. The SMILES string of the molecule is O=C(CSc1nnnn1C1CCCCC1)N1CCc2cc([N+](=O)[O-])ccc21. The minimum Gasteiger partial charge on any atom is -0.311 e. The van der Waals surface area contributed by atoms with Gasteiger partial charge in [-0.25, -0.2) is 4.68 Å². The average molecular weight is 388 g/mol. The molecule has 10 heteroatoms. The van der Waals surface area contributed by atoms with Crippen LogP contribution >= 0.6 is 11.8 Å². The maximum atomic E-state index is 12.7. The van der Waals surface area contributed by atoms with E-state index in [-0.39, 0.29) is 17.3 Å². The summed E-state index contributed by atoms with van der Waals surface area (Å²) < 4.78 is 1.86. The molecule has 1 saturated carbocycles. The summed E-state index contributed by atoms with van der Waals surface area (Å²) in [6.45, 7) is 0.545. The number of tetrazole rings is 1. The van der Waals surface area contributed by atoms with Crippen molar-refractivity contribution in [1.82, 2.24) is 20.2 Å². The molecule has 1 aromatic carbocycles. The molecule has 2 heterocycles. The number of amides is 1. The lowest BCUT2D eigenvalue weighted by Gasteiger charge is -2.22. The van der Waals surface area contributed by atoms with Crippen LogP contribution in [-0.4, -0.2) is 43.3 Å². The molecule has 1 aromatic heterocycles. The first-order valence-electron chi connectivity index (χ1n) is 9.12. The van der Waals surface area contributed by atoms with Crippen molar-refractivity contribution in [2.45, 2.75) is 49.7 Å². The third kappa shape index (κ3) is 3.66. The third-order valence-corrected chi connectivity index (χ3v) is 6.10. The summed E-state index contributed by atoms with van der Waals surface area (Å²) >= 11 is 1.35. The molecule has 2 aromatic rings. The van der Waals surface area contributed by atoms with Crippen LogP contribution in [0.4, 0.5) is 11.4 Å². The molecular weight excluding hydrogens is 368 g/mol. The van der Waals surface area contributed by atoms with E-state index in [0.717, 1.165) is 24.1 Å². The van der Waals surface area contributed by atoms with Crippen molar-refractivity contribution in [3.63, 3.8) is 0 Å². The number of thioether (sulfide) groups is 1. The fraction of sp³-hybridized carbons (Fsp3) is 0.529. The molecule has 1 aliphatic carbocycles. The number of anilines is 1. The zero-order valence-corrected chi connectivity index (χ0v) is 15.6. The summed E-state index contributed by atoms with van der Waals surface area (Å²) in [5.74, 6) is 0.203. The smallest absolute Gasteiger partial charge is 0.269 e. The Labute approximate surface area is 160 Å². The van der Waals surface area contributed by atoms with Crippen molar-refractivity contribution in [3.05, 3.63) is 33.9 Å². The summed E-state index contributed by atoms with van der Waals surface area (Å²) in [5.41, 5.74) is 1.66. The highest BCUT2D eigenvalue weighted by atomic mass is 32.2. The quantitative estimate of drug-likeness (QED) is 0.440. The van der Waals surface area contributed by atoms with E-state index in [1.165, 1.54) is 37.1 Å². The number of fused-ring (bicyclic) bond motifs is 1. The Morgan fingerprint density at radius 1 is 1.30 bits per heavy atom. The van der Waals surface area contributed by atoms with Crippen molar-refractivity contribution in [2.75, 3.05) is 17.2 Å². The van der Waals surface area contributed by atoms with Gasteiger partial charge >= 0.3 is 0 Å². The van der Waals surface area contributed by atoms with Crippen LogP contribution in [0.5, 0.6) is 0 Å². The standard InChI is InChI=1S/C17H20N6O3S/c24-16(21-9-8-12-10-14(23(25)26)6-7-15(12)21)11-27-17-18-19-20-22(17)13-4-2-1-3-5-13/h6-7,10,13H,1-5,8-9,11H2. The monoisotopic (exact) mass is 388 g/mol. The Bertz CT molecular complexity index is 864. The van der Waals surface area contributed by atoms with Crippen molar-refractivity contribution in [2.24, 2.45) is 0 Å².